The molecule has 1 aromatic carbocycles. The van der Waals surface area contributed by atoms with Gasteiger partial charge in [0, 0.05) is 25.0 Å². The highest BCUT2D eigenvalue weighted by atomic mass is 16.2. The van der Waals surface area contributed by atoms with Crippen molar-refractivity contribution in [3.05, 3.63) is 23.8 Å². The van der Waals surface area contributed by atoms with E-state index in [0.717, 1.165) is 23.4 Å². The van der Waals surface area contributed by atoms with Gasteiger partial charge in [-0.3, -0.25) is 0 Å². The lowest BCUT2D eigenvalue weighted by Crippen LogP contribution is -2.30. The van der Waals surface area contributed by atoms with Crippen LogP contribution in [0.25, 0.3) is 0 Å². The number of nitrogens with two attached hydrogens (primary N) is 1. The number of carbonyl (C=O) groups excluding carboxylic acids is 1. The van der Waals surface area contributed by atoms with Crippen molar-refractivity contribution >= 4 is 17.4 Å². The summed E-state index contributed by atoms with van der Waals surface area (Å²) in [6.45, 7) is 4.65. The number of nitrogens with one attached hydrogen (secondary N) is 1. The van der Waals surface area contributed by atoms with Gasteiger partial charge in [-0.1, -0.05) is 13.0 Å². The molecule has 1 aromatic rings. The Hall–Kier alpha value is -1.71. The van der Waals surface area contributed by atoms with Gasteiger partial charge in [0.1, 0.15) is 0 Å². The summed E-state index contributed by atoms with van der Waals surface area (Å²) < 4.78 is 0. The largest absolute Gasteiger partial charge is 0.398 e. The first-order valence-corrected chi connectivity index (χ1v) is 5.49. The van der Waals surface area contributed by atoms with E-state index in [9.17, 15) is 4.79 Å². The van der Waals surface area contributed by atoms with Crippen LogP contribution >= 0.6 is 0 Å². The van der Waals surface area contributed by atoms with Crippen molar-refractivity contribution in [2.45, 2.75) is 20.3 Å². The van der Waals surface area contributed by atoms with E-state index >= 15 is 0 Å². The van der Waals surface area contributed by atoms with Gasteiger partial charge in [-0.25, -0.2) is 4.79 Å². The van der Waals surface area contributed by atoms with Crippen LogP contribution in [-0.4, -0.2) is 24.5 Å². The van der Waals surface area contributed by atoms with Crippen LogP contribution < -0.4 is 11.1 Å². The van der Waals surface area contributed by atoms with Crippen molar-refractivity contribution in [1.29, 1.82) is 0 Å². The molecule has 3 N–H and O–H groups in total. The van der Waals surface area contributed by atoms with Crippen LogP contribution in [0.4, 0.5) is 16.2 Å². The Morgan fingerprint density at radius 3 is 2.62 bits per heavy atom. The maximum absolute atomic E-state index is 11.6. The minimum atomic E-state index is -0.119. The van der Waals surface area contributed by atoms with Crippen molar-refractivity contribution in [3.63, 3.8) is 0 Å². The lowest BCUT2D eigenvalue weighted by Gasteiger charge is -2.16. The maximum atomic E-state index is 11.6. The average Bonchev–Trinajstić information content (AvgIpc) is 2.28. The second kappa shape index (κ2) is 5.39. The zero-order valence-electron chi connectivity index (χ0n) is 10.1. The Morgan fingerprint density at radius 2 is 2.12 bits per heavy atom. The first kappa shape index (κ1) is 12.4. The number of urea groups is 1. The van der Waals surface area contributed by atoms with Gasteiger partial charge in [0.2, 0.25) is 0 Å². The minimum absolute atomic E-state index is 0.119. The van der Waals surface area contributed by atoms with E-state index in [1.807, 2.05) is 19.1 Å². The topological polar surface area (TPSA) is 58.4 Å². The van der Waals surface area contributed by atoms with Crippen molar-refractivity contribution in [1.82, 2.24) is 4.90 Å². The molecule has 0 radical (unpaired) electrons. The minimum Gasteiger partial charge on any atom is -0.398 e. The standard InChI is InChI=1S/C12H19N3O/c1-4-9-6-7-10(8-11(9)13)14-12(16)15(3)5-2/h6-8H,4-5,13H2,1-3H3,(H,14,16). The number of aryl methyl sites for hydroxylation is 1. The lowest BCUT2D eigenvalue weighted by molar-refractivity contribution is 0.224. The molecule has 1 rings (SSSR count). The molecule has 4 nitrogen and oxygen atoms in total. The maximum Gasteiger partial charge on any atom is 0.321 e. The molecule has 0 unspecified atom stereocenters. The second-order valence-electron chi connectivity index (χ2n) is 3.71. The van der Waals surface area contributed by atoms with E-state index in [1.54, 1.807) is 18.0 Å². The highest BCUT2D eigenvalue weighted by Gasteiger charge is 2.07. The van der Waals surface area contributed by atoms with Crippen LogP contribution in [0, 0.1) is 0 Å². The van der Waals surface area contributed by atoms with E-state index in [2.05, 4.69) is 12.2 Å². The van der Waals surface area contributed by atoms with Crippen LogP contribution in [0.5, 0.6) is 0 Å². The van der Waals surface area contributed by atoms with Crippen LogP contribution in [0.3, 0.4) is 0 Å². The summed E-state index contributed by atoms with van der Waals surface area (Å²) in [4.78, 5) is 13.2. The number of hydrogen-bond donors (Lipinski definition) is 2. The van der Waals surface area contributed by atoms with Crippen LogP contribution in [0.1, 0.15) is 19.4 Å². The molecule has 4 heteroatoms. The monoisotopic (exact) mass is 221 g/mol. The van der Waals surface area contributed by atoms with Gasteiger partial charge in [-0.2, -0.15) is 0 Å². The number of nitrogen functional groups attached to an aromatic ring is 1. The fourth-order valence-electron chi connectivity index (χ4n) is 1.36. The Balaban J connectivity index is 2.75. The molecular formula is C12H19N3O. The quantitative estimate of drug-likeness (QED) is 0.769. The molecule has 0 aromatic heterocycles. The van der Waals surface area contributed by atoms with Crippen molar-refractivity contribution in [2.75, 3.05) is 24.6 Å². The van der Waals surface area contributed by atoms with Gasteiger partial charge in [-0.15, -0.1) is 0 Å². The molecule has 2 amide bonds. The number of amides is 2. The summed E-state index contributed by atoms with van der Waals surface area (Å²) in [7, 11) is 1.75. The van der Waals surface area contributed by atoms with Crippen LogP contribution in [0.15, 0.2) is 18.2 Å². The Labute approximate surface area is 96.4 Å². The van der Waals surface area contributed by atoms with Gasteiger partial charge in [0.05, 0.1) is 0 Å². The summed E-state index contributed by atoms with van der Waals surface area (Å²) in [5.41, 5.74) is 8.41. The molecule has 0 aliphatic heterocycles. The molecule has 0 saturated carbocycles. The molecule has 88 valence electrons. The van der Waals surface area contributed by atoms with Crippen LogP contribution in [-0.2, 0) is 6.42 Å². The molecule has 0 fully saturated rings. The zero-order valence-corrected chi connectivity index (χ0v) is 10.1. The van der Waals surface area contributed by atoms with Gasteiger partial charge in [-0.05, 0) is 31.0 Å². The predicted octanol–water partition coefficient (Wildman–Crippen LogP) is 2.31. The number of carbonyl (C=O) groups is 1. The highest BCUT2D eigenvalue weighted by Crippen LogP contribution is 2.18. The first-order valence-electron chi connectivity index (χ1n) is 5.49. The average molecular weight is 221 g/mol. The van der Waals surface area contributed by atoms with E-state index in [-0.39, 0.29) is 6.03 Å². The van der Waals surface area contributed by atoms with E-state index in [0.29, 0.717) is 6.54 Å². The van der Waals surface area contributed by atoms with Crippen molar-refractivity contribution in [3.8, 4) is 0 Å². The van der Waals surface area contributed by atoms with E-state index in [1.165, 1.54) is 0 Å². The summed E-state index contributed by atoms with van der Waals surface area (Å²) in [6, 6.07) is 5.49. The molecule has 0 saturated heterocycles. The summed E-state index contributed by atoms with van der Waals surface area (Å²) in [5, 5.41) is 2.79. The Morgan fingerprint density at radius 1 is 1.44 bits per heavy atom. The van der Waals surface area contributed by atoms with Crippen molar-refractivity contribution in [2.24, 2.45) is 0 Å². The molecule has 0 bridgehead atoms. The van der Waals surface area contributed by atoms with Gasteiger partial charge in [0.15, 0.2) is 0 Å². The van der Waals surface area contributed by atoms with Gasteiger partial charge < -0.3 is 16.0 Å². The molecule has 0 heterocycles. The predicted molar refractivity (Wildman–Crippen MR) is 67.6 cm³/mol. The number of benzene rings is 1. The third-order valence-corrected chi connectivity index (χ3v) is 2.60. The fraction of sp³-hybridized carbons (Fsp3) is 0.417. The molecule has 0 aliphatic rings. The summed E-state index contributed by atoms with van der Waals surface area (Å²) in [5.74, 6) is 0. The SMILES string of the molecule is CCc1ccc(NC(=O)N(C)CC)cc1N. The second-order valence-corrected chi connectivity index (χ2v) is 3.71. The normalized spacial score (nSPS) is 9.94. The zero-order chi connectivity index (χ0) is 12.1. The Kier molecular flexibility index (Phi) is 4.17. The van der Waals surface area contributed by atoms with Crippen LogP contribution in [0.2, 0.25) is 0 Å². The molecule has 0 aliphatic carbocycles. The third kappa shape index (κ3) is 2.89. The first-order chi connectivity index (χ1) is 7.58. The number of rotatable bonds is 3. The Bertz CT molecular complexity index is 377. The lowest BCUT2D eigenvalue weighted by atomic mass is 10.1. The number of anilines is 2. The molecule has 0 spiro atoms. The van der Waals surface area contributed by atoms with E-state index in [4.69, 9.17) is 5.73 Å². The van der Waals surface area contributed by atoms with E-state index < -0.39 is 0 Å². The summed E-state index contributed by atoms with van der Waals surface area (Å²) in [6.07, 6.45) is 0.898. The van der Waals surface area contributed by atoms with Crippen molar-refractivity contribution < 1.29 is 4.79 Å². The fourth-order valence-corrected chi connectivity index (χ4v) is 1.36. The number of nitrogens with zero attached hydrogens (tertiary/aromatic N) is 1. The molecule has 16 heavy (non-hydrogen) atoms. The smallest absolute Gasteiger partial charge is 0.321 e. The van der Waals surface area contributed by atoms with Gasteiger partial charge >= 0.3 is 6.03 Å². The van der Waals surface area contributed by atoms with Gasteiger partial charge in [0.25, 0.3) is 0 Å². The summed E-state index contributed by atoms with van der Waals surface area (Å²) >= 11 is 0. The molecule has 0 atom stereocenters. The molecular weight excluding hydrogens is 202 g/mol. The number of hydrogen-bond acceptors (Lipinski definition) is 2. The highest BCUT2D eigenvalue weighted by molar-refractivity contribution is 5.89. The third-order valence-electron chi connectivity index (χ3n) is 2.60.